The minimum Gasteiger partial charge on any atom is -0.330 e. The maximum atomic E-state index is 5.34. The summed E-state index contributed by atoms with van der Waals surface area (Å²) in [5.74, 6) is 0.949. The number of hydrogen-bond donors (Lipinski definition) is 6. The molecule has 5 aliphatic rings. The molecule has 5 heterocycles. The highest BCUT2D eigenvalue weighted by Crippen LogP contribution is 2.12. The van der Waals surface area contributed by atoms with Gasteiger partial charge in [-0.25, -0.2) is 0 Å². The Bertz CT molecular complexity index is 520. The van der Waals surface area contributed by atoms with E-state index in [1.54, 1.807) is 0 Å². The zero-order valence-corrected chi connectivity index (χ0v) is 29.0. The van der Waals surface area contributed by atoms with Crippen LogP contribution in [-0.2, 0) is 0 Å². The van der Waals surface area contributed by atoms with Crippen LogP contribution in [0.15, 0.2) is 0 Å². The van der Waals surface area contributed by atoms with Crippen LogP contribution < -0.4 is 32.3 Å². The predicted octanol–water partition coefficient (Wildman–Crippen LogP) is 3.97. The molecule has 8 heteroatoms. The third kappa shape index (κ3) is 21.4. The molecule has 5 rings (SSSR count). The topological polar surface area (TPSA) is 92.7 Å². The van der Waals surface area contributed by atoms with Crippen molar-refractivity contribution in [3.8, 4) is 0 Å². The third-order valence-electron chi connectivity index (χ3n) is 8.81. The number of nitrogens with two attached hydrogens (primary N) is 1. The molecule has 4 atom stereocenters. The fraction of sp³-hybridized carbons (Fsp3) is 1.00. The van der Waals surface area contributed by atoms with Gasteiger partial charge in [-0.15, -0.1) is 0 Å². The summed E-state index contributed by atoms with van der Waals surface area (Å²) in [7, 11) is 0. The highest BCUT2D eigenvalue weighted by molar-refractivity contribution is 4.80. The molecule has 5 aliphatic heterocycles. The van der Waals surface area contributed by atoms with Gasteiger partial charge in [0.05, 0.1) is 0 Å². The second kappa shape index (κ2) is 28.2. The first-order chi connectivity index (χ1) is 20.6. The number of rotatable bonds is 9. The molecule has 0 aromatic heterocycles. The molecule has 0 amide bonds. The van der Waals surface area contributed by atoms with Gasteiger partial charge in [0.15, 0.2) is 0 Å². The molecule has 2 unspecified atom stereocenters. The van der Waals surface area contributed by atoms with Gasteiger partial charge in [0, 0.05) is 57.5 Å². The molecule has 7 N–H and O–H groups in total. The molecule has 0 spiro atoms. The molecule has 0 aromatic carbocycles. The van der Waals surface area contributed by atoms with Crippen molar-refractivity contribution >= 4 is 0 Å². The SMILES string of the molecule is C1CN[C@H](CN2CCCC2)C1.C1CN[C@H](CN2CCCNCC2)C1.CCC.CCCC(C)CC.NCCC1CNCN1. The van der Waals surface area contributed by atoms with Gasteiger partial charge in [0.25, 0.3) is 0 Å². The van der Waals surface area contributed by atoms with Gasteiger partial charge in [-0.05, 0) is 103 Å². The predicted molar refractivity (Wildman–Crippen MR) is 185 cm³/mol. The van der Waals surface area contributed by atoms with E-state index >= 15 is 0 Å². The summed E-state index contributed by atoms with van der Waals surface area (Å²) in [6.45, 7) is 26.5. The van der Waals surface area contributed by atoms with Crippen molar-refractivity contribution in [2.75, 3.05) is 85.2 Å². The first-order valence-corrected chi connectivity index (χ1v) is 18.3. The monoisotopic (exact) mass is 597 g/mol. The first-order valence-electron chi connectivity index (χ1n) is 18.3. The number of nitrogens with one attached hydrogen (secondary N) is 5. The summed E-state index contributed by atoms with van der Waals surface area (Å²) in [4.78, 5) is 5.20. The summed E-state index contributed by atoms with van der Waals surface area (Å²) in [5.41, 5.74) is 5.34. The molecule has 0 saturated carbocycles. The summed E-state index contributed by atoms with van der Waals surface area (Å²) < 4.78 is 0. The molecule has 42 heavy (non-hydrogen) atoms. The van der Waals surface area contributed by atoms with Crippen LogP contribution in [0.2, 0.25) is 0 Å². The molecular weight excluding hydrogens is 520 g/mol. The van der Waals surface area contributed by atoms with Crippen molar-refractivity contribution in [3.63, 3.8) is 0 Å². The summed E-state index contributed by atoms with van der Waals surface area (Å²) in [5, 5.41) is 17.0. The second-order valence-electron chi connectivity index (χ2n) is 13.1. The summed E-state index contributed by atoms with van der Waals surface area (Å²) >= 11 is 0. The van der Waals surface area contributed by atoms with E-state index in [4.69, 9.17) is 5.73 Å². The summed E-state index contributed by atoms with van der Waals surface area (Å²) in [6.07, 6.45) is 16.1. The summed E-state index contributed by atoms with van der Waals surface area (Å²) in [6, 6.07) is 2.21. The van der Waals surface area contributed by atoms with Crippen molar-refractivity contribution in [3.05, 3.63) is 0 Å². The van der Waals surface area contributed by atoms with Crippen LogP contribution in [-0.4, -0.2) is 113 Å². The number of nitrogens with zero attached hydrogens (tertiary/aromatic N) is 2. The standard InChI is InChI=1S/C10H21N3.C9H18N2.C7H16.C5H13N3.C3H8/c1-3-10(12-5-1)9-13-7-2-4-11-6-8-13;1-2-7-11(6-1)8-9-4-3-5-10-9;1-4-6-7(3)5-2;6-2-1-5-3-7-4-8-5;1-3-2/h10-12H,1-9H2;9-10H,1-8H2;7H,4-6H2,1-3H3;5,7-8H,1-4,6H2;3H2,1-2H3/t10-;9-;;;/m00.../s1. The molecule has 0 bridgehead atoms. The average molecular weight is 597 g/mol. The molecule has 0 aromatic rings. The third-order valence-corrected chi connectivity index (χ3v) is 8.81. The number of likely N-dealkylation sites (tertiary alicyclic amines) is 1. The molecule has 0 aliphatic carbocycles. The van der Waals surface area contributed by atoms with Crippen molar-refractivity contribution < 1.29 is 0 Å². The largest absolute Gasteiger partial charge is 0.330 e. The average Bonchev–Trinajstić information content (AvgIpc) is 3.82. The molecule has 0 radical (unpaired) electrons. The Hall–Kier alpha value is -0.320. The van der Waals surface area contributed by atoms with E-state index < -0.39 is 0 Å². The van der Waals surface area contributed by atoms with Gasteiger partial charge in [0.2, 0.25) is 0 Å². The maximum absolute atomic E-state index is 5.34. The van der Waals surface area contributed by atoms with Crippen LogP contribution in [0, 0.1) is 5.92 Å². The normalized spacial score (nSPS) is 26.9. The maximum Gasteiger partial charge on any atom is 0.0457 e. The van der Waals surface area contributed by atoms with Crippen molar-refractivity contribution in [1.82, 2.24) is 36.4 Å². The van der Waals surface area contributed by atoms with E-state index in [0.29, 0.717) is 6.04 Å². The lowest BCUT2D eigenvalue weighted by Crippen LogP contribution is -2.39. The molecule has 252 valence electrons. The Labute approximate surface area is 262 Å². The number of hydrogen-bond acceptors (Lipinski definition) is 8. The molecule has 8 nitrogen and oxygen atoms in total. The van der Waals surface area contributed by atoms with E-state index in [9.17, 15) is 0 Å². The zero-order chi connectivity index (χ0) is 30.7. The van der Waals surface area contributed by atoms with Gasteiger partial charge in [-0.3, -0.25) is 0 Å². The fourth-order valence-corrected chi connectivity index (χ4v) is 6.14. The minimum atomic E-state index is 0.625. The van der Waals surface area contributed by atoms with Crippen molar-refractivity contribution in [1.29, 1.82) is 0 Å². The second-order valence-corrected chi connectivity index (χ2v) is 13.1. The van der Waals surface area contributed by atoms with E-state index in [1.807, 2.05) is 0 Å². The van der Waals surface area contributed by atoms with Gasteiger partial charge < -0.3 is 42.1 Å². The lowest BCUT2D eigenvalue weighted by molar-refractivity contribution is 0.265. The van der Waals surface area contributed by atoms with Crippen LogP contribution in [0.5, 0.6) is 0 Å². The van der Waals surface area contributed by atoms with Crippen LogP contribution in [0.1, 0.15) is 112 Å². The Morgan fingerprint density at radius 3 is 1.74 bits per heavy atom. The van der Waals surface area contributed by atoms with Crippen molar-refractivity contribution in [2.24, 2.45) is 11.7 Å². The molecule has 5 fully saturated rings. The lowest BCUT2D eigenvalue weighted by Gasteiger charge is -2.23. The van der Waals surface area contributed by atoms with Crippen LogP contribution in [0.4, 0.5) is 0 Å². The van der Waals surface area contributed by atoms with E-state index in [2.05, 4.69) is 71.0 Å². The van der Waals surface area contributed by atoms with Gasteiger partial charge in [0.1, 0.15) is 0 Å². The zero-order valence-electron chi connectivity index (χ0n) is 29.0. The smallest absolute Gasteiger partial charge is 0.0457 e. The highest BCUT2D eigenvalue weighted by Gasteiger charge is 2.20. The van der Waals surface area contributed by atoms with Gasteiger partial charge >= 0.3 is 0 Å². The van der Waals surface area contributed by atoms with Crippen molar-refractivity contribution in [2.45, 2.75) is 130 Å². The minimum absolute atomic E-state index is 0.625. The van der Waals surface area contributed by atoms with Crippen LogP contribution in [0.3, 0.4) is 0 Å². The first kappa shape index (κ1) is 39.7. The van der Waals surface area contributed by atoms with E-state index in [1.165, 1.54) is 136 Å². The molecule has 5 saturated heterocycles. The van der Waals surface area contributed by atoms with E-state index in [-0.39, 0.29) is 0 Å². The highest BCUT2D eigenvalue weighted by atomic mass is 15.2. The van der Waals surface area contributed by atoms with E-state index in [0.717, 1.165) is 44.2 Å². The Morgan fingerprint density at radius 2 is 1.29 bits per heavy atom. The lowest BCUT2D eigenvalue weighted by atomic mass is 10.0. The fourth-order valence-electron chi connectivity index (χ4n) is 6.14. The molecular formula is C34H76N8. The van der Waals surface area contributed by atoms with Crippen LogP contribution >= 0.6 is 0 Å². The Morgan fingerprint density at radius 1 is 0.690 bits per heavy atom. The Balaban J connectivity index is 0.000000279. The van der Waals surface area contributed by atoms with Crippen LogP contribution in [0.25, 0.3) is 0 Å². The Kier molecular flexibility index (Phi) is 26.6. The quantitative estimate of drug-likeness (QED) is 0.238. The van der Waals surface area contributed by atoms with Gasteiger partial charge in [-0.2, -0.15) is 0 Å². The van der Waals surface area contributed by atoms with Gasteiger partial charge in [-0.1, -0.05) is 60.3 Å².